The Hall–Kier alpha value is -2.71. The van der Waals surface area contributed by atoms with Crippen LogP contribution in [0.15, 0.2) is 59.7 Å². The average molecular weight is 499 g/mol. The maximum absolute atomic E-state index is 12.9. The van der Waals surface area contributed by atoms with Gasteiger partial charge in [-0.15, -0.1) is 5.10 Å². The lowest BCUT2D eigenvalue weighted by Gasteiger charge is -2.28. The van der Waals surface area contributed by atoms with Gasteiger partial charge in [-0.05, 0) is 55.7 Å². The van der Waals surface area contributed by atoms with Crippen LogP contribution in [0, 0.1) is 0 Å². The van der Waals surface area contributed by atoms with Gasteiger partial charge in [0.1, 0.15) is 12.2 Å². The highest BCUT2D eigenvalue weighted by molar-refractivity contribution is 6.16. The number of carbonyl (C=O) groups is 1. The minimum absolute atomic E-state index is 0. The number of hydrogen-bond acceptors (Lipinski definition) is 5. The molecule has 7 nitrogen and oxygen atoms in total. The highest BCUT2D eigenvalue weighted by atomic mass is 79.9. The molecule has 168 valence electrons. The van der Waals surface area contributed by atoms with Crippen LogP contribution >= 0.6 is 0 Å². The predicted octanol–water partition coefficient (Wildman–Crippen LogP) is -0.105. The van der Waals surface area contributed by atoms with Crippen LogP contribution in [0.25, 0.3) is 0 Å². The molecule has 0 saturated carbocycles. The number of anilines is 1. The van der Waals surface area contributed by atoms with Gasteiger partial charge in [0.15, 0.2) is 6.54 Å². The van der Waals surface area contributed by atoms with Crippen molar-refractivity contribution in [1.29, 1.82) is 0 Å². The van der Waals surface area contributed by atoms with E-state index in [4.69, 9.17) is 9.84 Å². The quantitative estimate of drug-likeness (QED) is 0.599. The molecule has 0 saturated heterocycles. The number of ether oxygens (including phenoxy) is 1. The standard InChI is InChI=1S/C24H27N4O3.BrH/c1-31-20-13-11-18(12-14-20)24(30)17-26-15-7-3-6-10-22(26)27(24)21-16-23(29)28(25-21)19-8-4-2-5-9-19;/h2,4-5,8-9,11-14,30H,3,6-7,10,15-17H2,1H3;1H/q+1;/p-1. The summed E-state index contributed by atoms with van der Waals surface area (Å²) in [5.74, 6) is 2.29. The number of methoxy groups -OCH3 is 1. The van der Waals surface area contributed by atoms with Gasteiger partial charge in [-0.3, -0.25) is 9.37 Å². The second kappa shape index (κ2) is 9.03. The van der Waals surface area contributed by atoms with E-state index in [1.165, 1.54) is 5.01 Å². The maximum Gasteiger partial charge on any atom is 0.276 e. The van der Waals surface area contributed by atoms with Gasteiger partial charge in [0.25, 0.3) is 17.5 Å². The van der Waals surface area contributed by atoms with E-state index >= 15 is 0 Å². The zero-order valence-electron chi connectivity index (χ0n) is 18.1. The van der Waals surface area contributed by atoms with E-state index in [1.54, 1.807) is 7.11 Å². The van der Waals surface area contributed by atoms with Gasteiger partial charge in [-0.2, -0.15) is 9.91 Å². The molecular weight excluding hydrogens is 472 g/mol. The fourth-order valence-electron chi connectivity index (χ4n) is 4.78. The third-order valence-corrected chi connectivity index (χ3v) is 6.31. The molecule has 0 radical (unpaired) electrons. The molecule has 2 aromatic rings. The third kappa shape index (κ3) is 3.82. The first kappa shape index (κ1) is 22.5. The van der Waals surface area contributed by atoms with E-state index in [0.717, 1.165) is 55.1 Å². The molecule has 0 aliphatic carbocycles. The van der Waals surface area contributed by atoms with Gasteiger partial charge in [0, 0.05) is 12.0 Å². The molecule has 0 bridgehead atoms. The Kier molecular flexibility index (Phi) is 6.35. The van der Waals surface area contributed by atoms with Crippen LogP contribution in [0.5, 0.6) is 5.75 Å². The first-order valence-corrected chi connectivity index (χ1v) is 10.8. The molecule has 1 unspecified atom stereocenters. The molecule has 0 aromatic heterocycles. The Bertz CT molecular complexity index is 1050. The summed E-state index contributed by atoms with van der Waals surface area (Å²) in [6.45, 7) is 1.35. The number of para-hydroxylation sites is 1. The molecule has 5 rings (SSSR count). The van der Waals surface area contributed by atoms with E-state index < -0.39 is 5.72 Å². The van der Waals surface area contributed by atoms with Crippen molar-refractivity contribution >= 4 is 23.3 Å². The first-order valence-electron chi connectivity index (χ1n) is 10.8. The average Bonchev–Trinajstić information content (AvgIpc) is 3.22. The number of nitrogens with zero attached hydrogens (tertiary/aromatic N) is 4. The number of halogens is 1. The minimum atomic E-state index is -1.29. The van der Waals surface area contributed by atoms with Crippen molar-refractivity contribution in [3.05, 3.63) is 60.2 Å². The highest BCUT2D eigenvalue weighted by Gasteiger charge is 2.57. The Labute approximate surface area is 198 Å². The van der Waals surface area contributed by atoms with Crippen LogP contribution in [-0.4, -0.2) is 52.4 Å². The molecule has 8 heteroatoms. The summed E-state index contributed by atoms with van der Waals surface area (Å²) in [4.78, 5) is 14.8. The Balaban J connectivity index is 0.00000245. The number of hydrogen-bond donors (Lipinski definition) is 1. The van der Waals surface area contributed by atoms with Crippen LogP contribution in [-0.2, 0) is 10.5 Å². The van der Waals surface area contributed by atoms with Gasteiger partial charge in [-0.1, -0.05) is 18.2 Å². The van der Waals surface area contributed by atoms with E-state index in [9.17, 15) is 9.90 Å². The zero-order valence-corrected chi connectivity index (χ0v) is 19.7. The molecule has 3 heterocycles. The van der Waals surface area contributed by atoms with Gasteiger partial charge >= 0.3 is 0 Å². The van der Waals surface area contributed by atoms with Gasteiger partial charge < -0.3 is 26.8 Å². The number of carbonyl (C=O) groups excluding carboxylic acids is 1. The summed E-state index contributed by atoms with van der Waals surface area (Å²) in [5.41, 5.74) is 0.213. The SMILES string of the molecule is COc1ccc(C2(O)C[N+]3=C(CCCCC3)N2C2=NN(c3ccccc3)C(=O)C2)cc1.[Br-]. The summed E-state index contributed by atoms with van der Waals surface area (Å²) in [5, 5.41) is 18.2. The van der Waals surface area contributed by atoms with Crippen LogP contribution in [0.1, 0.15) is 37.7 Å². The lowest BCUT2D eigenvalue weighted by atomic mass is 10.00. The Morgan fingerprint density at radius 3 is 2.53 bits per heavy atom. The van der Waals surface area contributed by atoms with Crippen molar-refractivity contribution < 1.29 is 36.2 Å². The topological polar surface area (TPSA) is 68.4 Å². The van der Waals surface area contributed by atoms with E-state index in [0.29, 0.717) is 12.4 Å². The first-order chi connectivity index (χ1) is 15.1. The van der Waals surface area contributed by atoms with Crippen molar-refractivity contribution in [2.75, 3.05) is 25.2 Å². The van der Waals surface area contributed by atoms with Crippen molar-refractivity contribution in [2.24, 2.45) is 5.10 Å². The molecule has 32 heavy (non-hydrogen) atoms. The lowest BCUT2D eigenvalue weighted by Crippen LogP contribution is -3.00. The zero-order chi connectivity index (χ0) is 21.4. The van der Waals surface area contributed by atoms with Crippen LogP contribution in [0.3, 0.4) is 0 Å². The van der Waals surface area contributed by atoms with Crippen molar-refractivity contribution in [3.63, 3.8) is 0 Å². The summed E-state index contributed by atoms with van der Waals surface area (Å²) in [6, 6.07) is 16.9. The summed E-state index contributed by atoms with van der Waals surface area (Å²) in [7, 11) is 1.63. The summed E-state index contributed by atoms with van der Waals surface area (Å²) < 4.78 is 7.55. The second-order valence-electron chi connectivity index (χ2n) is 8.26. The Morgan fingerprint density at radius 1 is 1.06 bits per heavy atom. The molecule has 2 aromatic carbocycles. The van der Waals surface area contributed by atoms with Crippen LogP contribution in [0.4, 0.5) is 5.69 Å². The van der Waals surface area contributed by atoms with Crippen LogP contribution in [0.2, 0.25) is 0 Å². The van der Waals surface area contributed by atoms with Crippen molar-refractivity contribution in [2.45, 2.75) is 37.8 Å². The minimum Gasteiger partial charge on any atom is -1.00 e. The Morgan fingerprint density at radius 2 is 1.81 bits per heavy atom. The molecular formula is C24H27BrN4O3. The fraction of sp³-hybridized carbons (Fsp3) is 0.375. The molecule has 0 spiro atoms. The number of aliphatic hydroxyl groups is 1. The lowest BCUT2D eigenvalue weighted by molar-refractivity contribution is -0.534. The molecule has 3 aliphatic heterocycles. The number of amidine groups is 2. The van der Waals surface area contributed by atoms with E-state index in [-0.39, 0.29) is 29.3 Å². The fourth-order valence-corrected chi connectivity index (χ4v) is 4.78. The van der Waals surface area contributed by atoms with Crippen LogP contribution < -0.4 is 26.7 Å². The highest BCUT2D eigenvalue weighted by Crippen LogP contribution is 2.37. The smallest absolute Gasteiger partial charge is 0.276 e. The van der Waals surface area contributed by atoms with Gasteiger partial charge in [0.2, 0.25) is 5.84 Å². The molecule has 1 N–H and O–H groups in total. The monoisotopic (exact) mass is 498 g/mol. The molecule has 0 fully saturated rings. The second-order valence-corrected chi connectivity index (χ2v) is 8.26. The maximum atomic E-state index is 12.9. The summed E-state index contributed by atoms with van der Waals surface area (Å²) in [6.07, 6.45) is 4.33. The van der Waals surface area contributed by atoms with E-state index in [1.807, 2.05) is 59.5 Å². The van der Waals surface area contributed by atoms with E-state index in [2.05, 4.69) is 4.58 Å². The normalized spacial score (nSPS) is 22.9. The number of hydrazone groups is 1. The number of amides is 1. The number of rotatable bonds is 3. The molecule has 1 amide bonds. The van der Waals surface area contributed by atoms with Crippen molar-refractivity contribution in [3.8, 4) is 5.75 Å². The molecule has 1 atom stereocenters. The number of benzene rings is 2. The largest absolute Gasteiger partial charge is 1.00 e. The van der Waals surface area contributed by atoms with Gasteiger partial charge in [-0.25, -0.2) is 0 Å². The van der Waals surface area contributed by atoms with Crippen molar-refractivity contribution in [1.82, 2.24) is 4.90 Å². The molecule has 3 aliphatic rings. The predicted molar refractivity (Wildman–Crippen MR) is 118 cm³/mol. The van der Waals surface area contributed by atoms with Gasteiger partial charge in [0.05, 0.1) is 19.3 Å². The summed E-state index contributed by atoms with van der Waals surface area (Å²) >= 11 is 0. The third-order valence-electron chi connectivity index (χ3n) is 6.31.